The summed E-state index contributed by atoms with van der Waals surface area (Å²) >= 11 is 0. The maximum absolute atomic E-state index is 8.92. The Labute approximate surface area is 91.5 Å². The van der Waals surface area contributed by atoms with E-state index in [1.165, 1.54) is 0 Å². The second-order valence-electron chi connectivity index (χ2n) is 4.66. The molecule has 0 saturated carbocycles. The third kappa shape index (κ3) is 3.10. The second kappa shape index (κ2) is 4.50. The van der Waals surface area contributed by atoms with E-state index in [0.29, 0.717) is 0 Å². The van der Waals surface area contributed by atoms with Crippen LogP contribution in [0.15, 0.2) is 18.3 Å². The van der Waals surface area contributed by atoms with Gasteiger partial charge in [-0.3, -0.25) is 0 Å². The number of nitrogens with zero attached hydrogens (tertiary/aromatic N) is 2. The highest BCUT2D eigenvalue weighted by Gasteiger charge is 2.17. The molecule has 0 amide bonds. The van der Waals surface area contributed by atoms with E-state index in [1.54, 1.807) is 0 Å². The predicted molar refractivity (Wildman–Crippen MR) is 61.0 cm³/mol. The maximum atomic E-state index is 8.92. The summed E-state index contributed by atoms with van der Waals surface area (Å²) in [5.41, 5.74) is 6.71. The van der Waals surface area contributed by atoms with Crippen LogP contribution < -0.4 is 5.73 Å². The fourth-order valence-corrected chi connectivity index (χ4v) is 1.50. The van der Waals surface area contributed by atoms with Crippen molar-refractivity contribution in [2.75, 3.05) is 0 Å². The Morgan fingerprint density at radius 3 is 2.80 bits per heavy atom. The van der Waals surface area contributed by atoms with Gasteiger partial charge in [-0.15, -0.1) is 0 Å². The third-order valence-corrected chi connectivity index (χ3v) is 2.61. The highest BCUT2D eigenvalue weighted by atomic mass is 15.0. The van der Waals surface area contributed by atoms with E-state index in [4.69, 9.17) is 11.0 Å². The van der Waals surface area contributed by atoms with Crippen LogP contribution in [-0.2, 0) is 6.54 Å². The molecule has 0 saturated heterocycles. The van der Waals surface area contributed by atoms with Gasteiger partial charge in [0, 0.05) is 24.5 Å². The fourth-order valence-electron chi connectivity index (χ4n) is 1.50. The van der Waals surface area contributed by atoms with Gasteiger partial charge in [0.2, 0.25) is 0 Å². The lowest BCUT2D eigenvalue weighted by atomic mass is 9.91. The van der Waals surface area contributed by atoms with Gasteiger partial charge < -0.3 is 10.3 Å². The Morgan fingerprint density at radius 2 is 2.27 bits per heavy atom. The molecule has 1 unspecified atom stereocenters. The highest BCUT2D eigenvalue weighted by Crippen LogP contribution is 2.21. The van der Waals surface area contributed by atoms with Gasteiger partial charge in [-0.05, 0) is 39.3 Å². The van der Waals surface area contributed by atoms with E-state index >= 15 is 0 Å². The summed E-state index contributed by atoms with van der Waals surface area (Å²) < 4.78 is 2.13. The van der Waals surface area contributed by atoms with Gasteiger partial charge in [0.05, 0.1) is 11.5 Å². The van der Waals surface area contributed by atoms with Crippen LogP contribution in [-0.4, -0.2) is 4.57 Å². The average molecular weight is 205 g/mol. The molecular formula is C12H19N3. The first kappa shape index (κ1) is 11.8. The summed E-state index contributed by atoms with van der Waals surface area (Å²) in [7, 11) is 0. The zero-order valence-electron chi connectivity index (χ0n) is 9.70. The van der Waals surface area contributed by atoms with Gasteiger partial charge in [0.1, 0.15) is 0 Å². The summed E-state index contributed by atoms with van der Waals surface area (Å²) in [5, 5.41) is 8.92. The van der Waals surface area contributed by atoms with Crippen LogP contribution in [0.5, 0.6) is 0 Å². The molecule has 0 fully saturated rings. The maximum Gasteiger partial charge on any atom is 0.0684 e. The molecule has 1 heterocycles. The lowest BCUT2D eigenvalue weighted by Gasteiger charge is -2.18. The van der Waals surface area contributed by atoms with Crippen molar-refractivity contribution < 1.29 is 0 Å². The Balaban J connectivity index is 2.67. The Bertz CT molecular complexity index is 355. The molecule has 1 rings (SSSR count). The van der Waals surface area contributed by atoms with Crippen molar-refractivity contribution in [3.8, 4) is 6.07 Å². The summed E-state index contributed by atoms with van der Waals surface area (Å²) in [5.74, 6) is 0. The van der Waals surface area contributed by atoms with E-state index in [0.717, 1.165) is 18.7 Å². The van der Waals surface area contributed by atoms with Gasteiger partial charge in [0.15, 0.2) is 0 Å². The number of nitrogens with two attached hydrogens (primary N) is 1. The molecule has 0 bridgehead atoms. The van der Waals surface area contributed by atoms with Crippen LogP contribution in [0, 0.1) is 16.7 Å². The SMILES string of the molecule is CC(N)c1cccn1CCC(C)(C)C#N. The molecule has 0 aliphatic heterocycles. The number of rotatable bonds is 4. The van der Waals surface area contributed by atoms with E-state index in [2.05, 4.69) is 10.6 Å². The predicted octanol–water partition coefficient (Wildman–Crippen LogP) is 2.45. The Kier molecular flexibility index (Phi) is 3.54. The van der Waals surface area contributed by atoms with Crippen molar-refractivity contribution in [2.45, 2.75) is 39.8 Å². The Morgan fingerprint density at radius 1 is 1.60 bits per heavy atom. The molecule has 0 aliphatic rings. The lowest BCUT2D eigenvalue weighted by Crippen LogP contribution is -2.16. The average Bonchev–Trinajstić information content (AvgIpc) is 2.63. The van der Waals surface area contributed by atoms with Crippen molar-refractivity contribution in [3.63, 3.8) is 0 Å². The highest BCUT2D eigenvalue weighted by molar-refractivity contribution is 5.10. The van der Waals surface area contributed by atoms with E-state index in [9.17, 15) is 0 Å². The minimum atomic E-state index is -0.265. The minimum absolute atomic E-state index is 0.0465. The topological polar surface area (TPSA) is 54.7 Å². The third-order valence-electron chi connectivity index (χ3n) is 2.61. The van der Waals surface area contributed by atoms with Crippen LogP contribution in [0.25, 0.3) is 0 Å². The summed E-state index contributed by atoms with van der Waals surface area (Å²) in [6, 6.07) is 6.38. The first-order valence-corrected chi connectivity index (χ1v) is 5.28. The lowest BCUT2D eigenvalue weighted by molar-refractivity contribution is 0.407. The molecule has 82 valence electrons. The Hall–Kier alpha value is -1.27. The molecule has 0 aromatic carbocycles. The molecule has 3 nitrogen and oxygen atoms in total. The quantitative estimate of drug-likeness (QED) is 0.820. The standard InChI is InChI=1S/C12H19N3/c1-10(14)11-5-4-7-15(11)8-6-12(2,3)9-13/h4-5,7,10H,6,8,14H2,1-3H3. The van der Waals surface area contributed by atoms with Crippen LogP contribution in [0.4, 0.5) is 0 Å². The number of aryl methyl sites for hydroxylation is 1. The van der Waals surface area contributed by atoms with Crippen LogP contribution in [0.1, 0.15) is 38.9 Å². The van der Waals surface area contributed by atoms with Crippen molar-refractivity contribution in [1.29, 1.82) is 5.26 Å². The number of hydrogen-bond donors (Lipinski definition) is 1. The minimum Gasteiger partial charge on any atom is -0.350 e. The summed E-state index contributed by atoms with van der Waals surface area (Å²) in [4.78, 5) is 0. The molecule has 3 heteroatoms. The molecule has 0 aliphatic carbocycles. The van der Waals surface area contributed by atoms with Crippen molar-refractivity contribution >= 4 is 0 Å². The van der Waals surface area contributed by atoms with Crippen molar-refractivity contribution in [2.24, 2.45) is 11.1 Å². The van der Waals surface area contributed by atoms with E-state index in [-0.39, 0.29) is 11.5 Å². The summed E-state index contributed by atoms with van der Waals surface area (Å²) in [6.45, 7) is 6.75. The molecule has 0 spiro atoms. The molecule has 0 radical (unpaired) electrons. The first-order valence-electron chi connectivity index (χ1n) is 5.28. The zero-order valence-corrected chi connectivity index (χ0v) is 9.70. The van der Waals surface area contributed by atoms with Crippen molar-refractivity contribution in [1.82, 2.24) is 4.57 Å². The molecule has 1 aromatic heterocycles. The van der Waals surface area contributed by atoms with Gasteiger partial charge >= 0.3 is 0 Å². The number of hydrogen-bond acceptors (Lipinski definition) is 2. The number of nitriles is 1. The van der Waals surface area contributed by atoms with Gasteiger partial charge in [-0.25, -0.2) is 0 Å². The normalized spacial score (nSPS) is 13.5. The van der Waals surface area contributed by atoms with Crippen LogP contribution in [0.3, 0.4) is 0 Å². The van der Waals surface area contributed by atoms with Crippen molar-refractivity contribution in [3.05, 3.63) is 24.0 Å². The number of aromatic nitrogens is 1. The first-order chi connectivity index (χ1) is 6.96. The molecule has 15 heavy (non-hydrogen) atoms. The molecule has 2 N–H and O–H groups in total. The monoisotopic (exact) mass is 205 g/mol. The zero-order chi connectivity index (χ0) is 11.5. The molecular weight excluding hydrogens is 186 g/mol. The van der Waals surface area contributed by atoms with Crippen LogP contribution >= 0.6 is 0 Å². The van der Waals surface area contributed by atoms with E-state index < -0.39 is 0 Å². The second-order valence-corrected chi connectivity index (χ2v) is 4.66. The van der Waals surface area contributed by atoms with Gasteiger partial charge in [-0.2, -0.15) is 5.26 Å². The summed E-state index contributed by atoms with van der Waals surface area (Å²) in [6.07, 6.45) is 2.87. The van der Waals surface area contributed by atoms with E-state index in [1.807, 2.05) is 39.1 Å². The molecule has 1 atom stereocenters. The van der Waals surface area contributed by atoms with Gasteiger partial charge in [-0.1, -0.05) is 0 Å². The van der Waals surface area contributed by atoms with Crippen LogP contribution in [0.2, 0.25) is 0 Å². The smallest absolute Gasteiger partial charge is 0.0684 e. The fraction of sp³-hybridized carbons (Fsp3) is 0.583. The molecule has 1 aromatic rings. The largest absolute Gasteiger partial charge is 0.350 e. The van der Waals surface area contributed by atoms with Gasteiger partial charge in [0.25, 0.3) is 0 Å².